The number of nitrogens with one attached hydrogen (secondary N) is 1. The first-order valence-corrected chi connectivity index (χ1v) is 7.47. The minimum atomic E-state index is 0. The summed E-state index contributed by atoms with van der Waals surface area (Å²) >= 11 is 0. The lowest BCUT2D eigenvalue weighted by Crippen LogP contribution is -2.34. The summed E-state index contributed by atoms with van der Waals surface area (Å²) in [7, 11) is 2.24. The molecule has 1 unspecified atom stereocenters. The Hall–Kier alpha value is -0.570. The van der Waals surface area contributed by atoms with Gasteiger partial charge in [-0.2, -0.15) is 0 Å². The zero-order valence-electron chi connectivity index (χ0n) is 13.3. The van der Waals surface area contributed by atoms with E-state index in [0.717, 1.165) is 13.1 Å². The maximum atomic E-state index is 3.48. The Balaban J connectivity index is 0.00000200. The van der Waals surface area contributed by atoms with Crippen LogP contribution in [0.15, 0.2) is 24.3 Å². The van der Waals surface area contributed by atoms with Gasteiger partial charge in [-0.15, -0.1) is 12.4 Å². The largest absolute Gasteiger partial charge is 0.316 e. The predicted molar refractivity (Wildman–Crippen MR) is 89.7 cm³/mol. The molecule has 0 spiro atoms. The van der Waals surface area contributed by atoms with Gasteiger partial charge in [0.05, 0.1) is 0 Å². The molecule has 1 N–H and O–H groups in total. The van der Waals surface area contributed by atoms with Gasteiger partial charge in [0.1, 0.15) is 0 Å². The molecule has 0 saturated carbocycles. The van der Waals surface area contributed by atoms with Crippen LogP contribution in [0.1, 0.15) is 44.2 Å². The van der Waals surface area contributed by atoms with E-state index in [1.807, 2.05) is 0 Å². The first-order valence-electron chi connectivity index (χ1n) is 7.47. The van der Waals surface area contributed by atoms with Crippen LogP contribution in [-0.4, -0.2) is 31.6 Å². The standard InChI is InChI=1S/C17H28N2.ClH/c1-14(2)16-7-5-15(6-8-16)11-19(4)13-17(3)9-10-18-12-17;/h5-8,14,18H,9-13H2,1-4H3;1H. The molecule has 0 bridgehead atoms. The minimum absolute atomic E-state index is 0. The highest BCUT2D eigenvalue weighted by molar-refractivity contribution is 5.85. The Kier molecular flexibility index (Phi) is 6.50. The van der Waals surface area contributed by atoms with Crippen LogP contribution >= 0.6 is 12.4 Å². The maximum absolute atomic E-state index is 3.48. The van der Waals surface area contributed by atoms with E-state index in [-0.39, 0.29) is 12.4 Å². The van der Waals surface area contributed by atoms with Crippen molar-refractivity contribution in [3.8, 4) is 0 Å². The smallest absolute Gasteiger partial charge is 0.0230 e. The van der Waals surface area contributed by atoms with Crippen molar-refractivity contribution >= 4 is 12.4 Å². The highest BCUT2D eigenvalue weighted by Crippen LogP contribution is 2.25. The summed E-state index contributed by atoms with van der Waals surface area (Å²) in [5.41, 5.74) is 3.30. The van der Waals surface area contributed by atoms with Crippen molar-refractivity contribution in [1.29, 1.82) is 0 Å². The van der Waals surface area contributed by atoms with Gasteiger partial charge in [-0.1, -0.05) is 45.0 Å². The zero-order chi connectivity index (χ0) is 13.9. The summed E-state index contributed by atoms with van der Waals surface area (Å²) in [5, 5.41) is 3.48. The van der Waals surface area contributed by atoms with E-state index >= 15 is 0 Å². The topological polar surface area (TPSA) is 15.3 Å². The fourth-order valence-corrected chi connectivity index (χ4v) is 3.03. The Bertz CT molecular complexity index is 394. The van der Waals surface area contributed by atoms with E-state index in [1.54, 1.807) is 0 Å². The van der Waals surface area contributed by atoms with Crippen molar-refractivity contribution in [3.63, 3.8) is 0 Å². The molecule has 1 aromatic rings. The normalized spacial score (nSPS) is 22.3. The second-order valence-electron chi connectivity index (χ2n) is 6.81. The molecule has 1 aliphatic rings. The highest BCUT2D eigenvalue weighted by atomic mass is 35.5. The molecule has 1 atom stereocenters. The summed E-state index contributed by atoms with van der Waals surface area (Å²) < 4.78 is 0. The molecule has 2 nitrogen and oxygen atoms in total. The quantitative estimate of drug-likeness (QED) is 0.892. The molecule has 2 rings (SSSR count). The molecule has 0 aliphatic carbocycles. The van der Waals surface area contributed by atoms with Crippen LogP contribution in [0.3, 0.4) is 0 Å². The van der Waals surface area contributed by atoms with Gasteiger partial charge in [-0.05, 0) is 42.5 Å². The number of hydrogen-bond acceptors (Lipinski definition) is 2. The number of nitrogens with zero attached hydrogens (tertiary/aromatic N) is 1. The summed E-state index contributed by atoms with van der Waals surface area (Å²) in [6.07, 6.45) is 1.30. The Morgan fingerprint density at radius 3 is 2.40 bits per heavy atom. The molecule has 1 aliphatic heterocycles. The zero-order valence-corrected chi connectivity index (χ0v) is 14.1. The van der Waals surface area contributed by atoms with Crippen molar-refractivity contribution in [2.45, 2.75) is 39.7 Å². The summed E-state index contributed by atoms with van der Waals surface area (Å²) in [6, 6.07) is 9.10. The van der Waals surface area contributed by atoms with Gasteiger partial charge >= 0.3 is 0 Å². The fraction of sp³-hybridized carbons (Fsp3) is 0.647. The Labute approximate surface area is 130 Å². The lowest BCUT2D eigenvalue weighted by Gasteiger charge is -2.29. The molecule has 3 heteroatoms. The molecule has 1 fully saturated rings. The van der Waals surface area contributed by atoms with E-state index in [1.165, 1.54) is 30.6 Å². The van der Waals surface area contributed by atoms with Crippen LogP contribution in [0.2, 0.25) is 0 Å². The third-order valence-corrected chi connectivity index (χ3v) is 4.21. The Morgan fingerprint density at radius 2 is 1.90 bits per heavy atom. The second-order valence-corrected chi connectivity index (χ2v) is 6.81. The van der Waals surface area contributed by atoms with Gasteiger partial charge in [0, 0.05) is 19.6 Å². The number of hydrogen-bond donors (Lipinski definition) is 1. The van der Waals surface area contributed by atoms with E-state index < -0.39 is 0 Å². The summed E-state index contributed by atoms with van der Waals surface area (Å²) in [6.45, 7) is 11.4. The van der Waals surface area contributed by atoms with Gasteiger partial charge in [0.25, 0.3) is 0 Å². The average Bonchev–Trinajstić information content (AvgIpc) is 2.76. The number of rotatable bonds is 5. The van der Waals surface area contributed by atoms with Crippen molar-refractivity contribution in [2.75, 3.05) is 26.7 Å². The van der Waals surface area contributed by atoms with Crippen LogP contribution in [0.5, 0.6) is 0 Å². The summed E-state index contributed by atoms with van der Waals surface area (Å²) in [5.74, 6) is 0.621. The molecule has 0 radical (unpaired) electrons. The van der Waals surface area contributed by atoms with Gasteiger partial charge in [-0.25, -0.2) is 0 Å². The molecular formula is C17H29ClN2. The molecular weight excluding hydrogens is 268 g/mol. The molecule has 0 amide bonds. The lowest BCUT2D eigenvalue weighted by molar-refractivity contribution is 0.203. The third-order valence-electron chi connectivity index (χ3n) is 4.21. The molecule has 0 aromatic heterocycles. The maximum Gasteiger partial charge on any atom is 0.0230 e. The first kappa shape index (κ1) is 17.5. The van der Waals surface area contributed by atoms with E-state index in [4.69, 9.17) is 0 Å². The molecule has 1 aromatic carbocycles. The van der Waals surface area contributed by atoms with Crippen LogP contribution in [0, 0.1) is 5.41 Å². The van der Waals surface area contributed by atoms with Crippen LogP contribution < -0.4 is 5.32 Å². The predicted octanol–water partition coefficient (Wildman–Crippen LogP) is 3.66. The first-order chi connectivity index (χ1) is 8.98. The lowest BCUT2D eigenvalue weighted by atomic mass is 9.89. The molecule has 1 heterocycles. The van der Waals surface area contributed by atoms with Crippen LogP contribution in [-0.2, 0) is 6.54 Å². The average molecular weight is 297 g/mol. The Morgan fingerprint density at radius 1 is 1.25 bits per heavy atom. The highest BCUT2D eigenvalue weighted by Gasteiger charge is 2.29. The van der Waals surface area contributed by atoms with E-state index in [9.17, 15) is 0 Å². The van der Waals surface area contributed by atoms with E-state index in [0.29, 0.717) is 11.3 Å². The number of halogens is 1. The summed E-state index contributed by atoms with van der Waals surface area (Å²) in [4.78, 5) is 2.46. The molecule has 1 saturated heterocycles. The van der Waals surface area contributed by atoms with Gasteiger partial charge in [0.15, 0.2) is 0 Å². The van der Waals surface area contributed by atoms with Gasteiger partial charge in [-0.3, -0.25) is 0 Å². The van der Waals surface area contributed by atoms with E-state index in [2.05, 4.69) is 62.3 Å². The minimum Gasteiger partial charge on any atom is -0.316 e. The van der Waals surface area contributed by atoms with Gasteiger partial charge in [0.2, 0.25) is 0 Å². The van der Waals surface area contributed by atoms with Crippen molar-refractivity contribution in [3.05, 3.63) is 35.4 Å². The van der Waals surface area contributed by atoms with Crippen LogP contribution in [0.4, 0.5) is 0 Å². The van der Waals surface area contributed by atoms with Crippen molar-refractivity contribution in [2.24, 2.45) is 5.41 Å². The van der Waals surface area contributed by atoms with Gasteiger partial charge < -0.3 is 10.2 Å². The SMILES string of the molecule is CC(C)c1ccc(CN(C)CC2(C)CCNC2)cc1.Cl. The third kappa shape index (κ3) is 4.76. The van der Waals surface area contributed by atoms with Crippen molar-refractivity contribution < 1.29 is 0 Å². The molecule has 114 valence electrons. The second kappa shape index (κ2) is 7.44. The fourth-order valence-electron chi connectivity index (χ4n) is 3.03. The van der Waals surface area contributed by atoms with Crippen molar-refractivity contribution in [1.82, 2.24) is 10.2 Å². The monoisotopic (exact) mass is 296 g/mol. The molecule has 20 heavy (non-hydrogen) atoms. The number of benzene rings is 1. The van der Waals surface area contributed by atoms with Crippen LogP contribution in [0.25, 0.3) is 0 Å².